The second-order valence-corrected chi connectivity index (χ2v) is 5.84. The third-order valence-corrected chi connectivity index (χ3v) is 4.03. The molecule has 5 heteroatoms. The van der Waals surface area contributed by atoms with Crippen molar-refractivity contribution in [1.82, 2.24) is 4.90 Å². The molecule has 1 heterocycles. The van der Waals surface area contributed by atoms with E-state index in [-0.39, 0.29) is 25.6 Å². The Balaban J connectivity index is 1.90. The molecule has 1 aliphatic heterocycles. The van der Waals surface area contributed by atoms with E-state index in [1.165, 1.54) is 7.11 Å². The van der Waals surface area contributed by atoms with Gasteiger partial charge in [0.25, 0.3) is 0 Å². The molecule has 0 bridgehead atoms. The number of likely N-dealkylation sites (tertiary alicyclic amines) is 1. The molecule has 0 saturated carbocycles. The smallest absolute Gasteiger partial charge is 0.238 e. The van der Waals surface area contributed by atoms with Crippen molar-refractivity contribution in [2.45, 2.75) is 25.9 Å². The maximum atomic E-state index is 14.3. The summed E-state index contributed by atoms with van der Waals surface area (Å²) in [6, 6.07) is 5.81. The Hall–Kier alpha value is -1.46. The Kier molecular flexibility index (Phi) is 4.96. The normalized spacial score (nSPS) is 22.5. The van der Waals surface area contributed by atoms with Gasteiger partial charge >= 0.3 is 0 Å². The van der Waals surface area contributed by atoms with Crippen molar-refractivity contribution in [1.29, 1.82) is 0 Å². The van der Waals surface area contributed by atoms with E-state index in [4.69, 9.17) is 4.74 Å². The van der Waals surface area contributed by atoms with Crippen molar-refractivity contribution in [3.63, 3.8) is 0 Å². The second-order valence-electron chi connectivity index (χ2n) is 5.84. The van der Waals surface area contributed by atoms with Crippen LogP contribution in [0.4, 0.5) is 10.1 Å². The number of methoxy groups -OCH3 is 1. The van der Waals surface area contributed by atoms with Gasteiger partial charge in [0.2, 0.25) is 5.91 Å². The van der Waals surface area contributed by atoms with E-state index >= 15 is 0 Å². The minimum Gasteiger partial charge on any atom is -0.381 e. The van der Waals surface area contributed by atoms with Crippen molar-refractivity contribution in [3.05, 3.63) is 29.3 Å². The number of alkyl halides is 1. The minimum atomic E-state index is -1.33. The molecule has 0 aromatic heterocycles. The summed E-state index contributed by atoms with van der Waals surface area (Å²) in [5, 5.41) is 2.90. The van der Waals surface area contributed by atoms with Gasteiger partial charge in [-0.2, -0.15) is 0 Å². The molecule has 1 aliphatic rings. The second kappa shape index (κ2) is 6.54. The summed E-state index contributed by atoms with van der Waals surface area (Å²) in [6.45, 7) is 5.12. The topological polar surface area (TPSA) is 41.6 Å². The average molecular weight is 294 g/mol. The average Bonchev–Trinajstić information content (AvgIpc) is 2.76. The van der Waals surface area contributed by atoms with E-state index in [1.54, 1.807) is 0 Å². The van der Waals surface area contributed by atoms with Crippen LogP contribution in [-0.2, 0) is 9.53 Å². The zero-order valence-corrected chi connectivity index (χ0v) is 12.9. The molecule has 1 unspecified atom stereocenters. The third kappa shape index (κ3) is 4.02. The van der Waals surface area contributed by atoms with Crippen LogP contribution in [0.1, 0.15) is 17.5 Å². The number of carbonyl (C=O) groups is 1. The Morgan fingerprint density at radius 1 is 1.48 bits per heavy atom. The number of nitrogens with zero attached hydrogens (tertiary/aromatic N) is 1. The van der Waals surface area contributed by atoms with Crippen molar-refractivity contribution in [2.24, 2.45) is 0 Å². The monoisotopic (exact) mass is 294 g/mol. The van der Waals surface area contributed by atoms with Gasteiger partial charge in [-0.1, -0.05) is 12.1 Å². The maximum Gasteiger partial charge on any atom is 0.238 e. The van der Waals surface area contributed by atoms with Gasteiger partial charge in [-0.25, -0.2) is 4.39 Å². The van der Waals surface area contributed by atoms with Crippen LogP contribution in [0.15, 0.2) is 18.2 Å². The molecule has 0 radical (unpaired) electrons. The largest absolute Gasteiger partial charge is 0.381 e. The van der Waals surface area contributed by atoms with E-state index in [0.29, 0.717) is 13.0 Å². The lowest BCUT2D eigenvalue weighted by Gasteiger charge is -2.20. The molecule has 1 N–H and O–H groups in total. The number of ether oxygens (including phenoxy) is 1. The van der Waals surface area contributed by atoms with E-state index in [0.717, 1.165) is 16.8 Å². The number of hydrogen-bond donors (Lipinski definition) is 1. The lowest BCUT2D eigenvalue weighted by Crippen LogP contribution is -2.37. The number of amides is 1. The summed E-state index contributed by atoms with van der Waals surface area (Å²) < 4.78 is 19.2. The quantitative estimate of drug-likeness (QED) is 0.906. The molecule has 1 aromatic carbocycles. The first-order valence-electron chi connectivity index (χ1n) is 7.20. The molecule has 1 saturated heterocycles. The Labute approximate surface area is 125 Å². The highest BCUT2D eigenvalue weighted by Gasteiger charge is 2.38. The molecular formula is C16H23FN2O2. The molecule has 21 heavy (non-hydrogen) atoms. The number of aryl methyl sites for hydroxylation is 1. The van der Waals surface area contributed by atoms with Crippen molar-refractivity contribution < 1.29 is 13.9 Å². The van der Waals surface area contributed by atoms with Crippen LogP contribution in [0.5, 0.6) is 0 Å². The van der Waals surface area contributed by atoms with Crippen LogP contribution in [0.3, 0.4) is 0 Å². The van der Waals surface area contributed by atoms with Crippen molar-refractivity contribution in [3.8, 4) is 0 Å². The van der Waals surface area contributed by atoms with Crippen LogP contribution in [-0.4, -0.2) is 49.8 Å². The molecule has 1 aromatic rings. The molecule has 2 rings (SSSR count). The number of rotatable bonds is 5. The van der Waals surface area contributed by atoms with Gasteiger partial charge in [0.05, 0.1) is 13.2 Å². The number of halogens is 1. The number of nitrogens with one attached hydrogen (secondary N) is 1. The first-order valence-corrected chi connectivity index (χ1v) is 7.20. The van der Waals surface area contributed by atoms with Gasteiger partial charge in [-0.15, -0.1) is 0 Å². The summed E-state index contributed by atoms with van der Waals surface area (Å²) >= 11 is 0. The fourth-order valence-electron chi connectivity index (χ4n) is 2.71. The first kappa shape index (κ1) is 15.9. The Morgan fingerprint density at radius 2 is 2.24 bits per heavy atom. The zero-order valence-electron chi connectivity index (χ0n) is 12.9. The van der Waals surface area contributed by atoms with Gasteiger partial charge in [-0.05, 0) is 37.5 Å². The SMILES string of the molecule is COCC1(F)CCN(CC(=O)Nc2cccc(C)c2C)C1. The van der Waals surface area contributed by atoms with Crippen LogP contribution in [0, 0.1) is 13.8 Å². The highest BCUT2D eigenvalue weighted by atomic mass is 19.1. The lowest BCUT2D eigenvalue weighted by molar-refractivity contribution is -0.117. The summed E-state index contributed by atoms with van der Waals surface area (Å²) in [4.78, 5) is 13.9. The van der Waals surface area contributed by atoms with E-state index in [1.807, 2.05) is 36.9 Å². The van der Waals surface area contributed by atoms with Crippen LogP contribution >= 0.6 is 0 Å². The van der Waals surface area contributed by atoms with Gasteiger partial charge in [0.15, 0.2) is 0 Å². The van der Waals surface area contributed by atoms with E-state index in [2.05, 4.69) is 5.32 Å². The molecule has 1 fully saturated rings. The van der Waals surface area contributed by atoms with Gasteiger partial charge in [0.1, 0.15) is 5.67 Å². The van der Waals surface area contributed by atoms with Gasteiger partial charge in [-0.3, -0.25) is 9.69 Å². The fourth-order valence-corrected chi connectivity index (χ4v) is 2.71. The summed E-state index contributed by atoms with van der Waals surface area (Å²) in [5.74, 6) is -0.106. The number of benzene rings is 1. The number of carbonyl (C=O) groups excluding carboxylic acids is 1. The molecular weight excluding hydrogens is 271 g/mol. The first-order chi connectivity index (χ1) is 9.93. The summed E-state index contributed by atoms with van der Waals surface area (Å²) in [7, 11) is 1.50. The van der Waals surface area contributed by atoms with Crippen LogP contribution in [0.25, 0.3) is 0 Å². The van der Waals surface area contributed by atoms with E-state index in [9.17, 15) is 9.18 Å². The predicted molar refractivity (Wildman–Crippen MR) is 81.3 cm³/mol. The lowest BCUT2D eigenvalue weighted by atomic mass is 10.1. The molecule has 0 spiro atoms. The number of hydrogen-bond acceptors (Lipinski definition) is 3. The van der Waals surface area contributed by atoms with Crippen LogP contribution in [0.2, 0.25) is 0 Å². The molecule has 4 nitrogen and oxygen atoms in total. The maximum absolute atomic E-state index is 14.3. The molecule has 1 amide bonds. The third-order valence-electron chi connectivity index (χ3n) is 4.03. The van der Waals surface area contributed by atoms with Crippen LogP contribution < -0.4 is 5.32 Å². The number of anilines is 1. The van der Waals surface area contributed by atoms with E-state index < -0.39 is 5.67 Å². The standard InChI is InChI=1S/C16H23FN2O2/c1-12-5-4-6-14(13(12)2)18-15(20)9-19-8-7-16(17,10-19)11-21-3/h4-6H,7-11H2,1-3H3,(H,18,20). The van der Waals surface area contributed by atoms with Gasteiger partial charge < -0.3 is 10.1 Å². The summed E-state index contributed by atoms with van der Waals surface area (Å²) in [5.41, 5.74) is 1.69. The Bertz CT molecular complexity index is 521. The summed E-state index contributed by atoms with van der Waals surface area (Å²) in [6.07, 6.45) is 0.414. The highest BCUT2D eigenvalue weighted by Crippen LogP contribution is 2.25. The predicted octanol–water partition coefficient (Wildman–Crippen LogP) is 2.30. The Morgan fingerprint density at radius 3 is 2.95 bits per heavy atom. The fraction of sp³-hybridized carbons (Fsp3) is 0.562. The molecule has 1 atom stereocenters. The van der Waals surface area contributed by atoms with Crippen molar-refractivity contribution in [2.75, 3.05) is 38.7 Å². The minimum absolute atomic E-state index is 0.0854. The highest BCUT2D eigenvalue weighted by molar-refractivity contribution is 5.93. The molecule has 116 valence electrons. The molecule has 0 aliphatic carbocycles. The van der Waals surface area contributed by atoms with Crippen molar-refractivity contribution >= 4 is 11.6 Å². The zero-order chi connectivity index (χ0) is 15.5. The van der Waals surface area contributed by atoms with Gasteiger partial charge in [0, 0.05) is 25.9 Å².